The summed E-state index contributed by atoms with van der Waals surface area (Å²) in [6.07, 6.45) is 0. The first-order valence-electron chi connectivity index (χ1n) is 5.62. The highest BCUT2D eigenvalue weighted by molar-refractivity contribution is 9.10. The van der Waals surface area contributed by atoms with Gasteiger partial charge in [0.2, 0.25) is 0 Å². The van der Waals surface area contributed by atoms with E-state index in [1.165, 1.54) is 6.07 Å². The third-order valence-electron chi connectivity index (χ3n) is 2.70. The molecule has 5 heteroatoms. The molecule has 0 radical (unpaired) electrons. The zero-order valence-electron chi connectivity index (χ0n) is 10.5. The lowest BCUT2D eigenvalue weighted by atomic mass is 10.2. The molecule has 1 heterocycles. The van der Waals surface area contributed by atoms with Gasteiger partial charge in [-0.3, -0.25) is 4.98 Å². The summed E-state index contributed by atoms with van der Waals surface area (Å²) in [6.45, 7) is 3.75. The van der Waals surface area contributed by atoms with Gasteiger partial charge in [0.05, 0.1) is 27.1 Å². The van der Waals surface area contributed by atoms with E-state index in [1.54, 1.807) is 6.07 Å². The van der Waals surface area contributed by atoms with Gasteiger partial charge >= 0.3 is 0 Å². The molecule has 1 aromatic heterocycles. The molecule has 0 saturated carbocycles. The Morgan fingerprint density at radius 1 is 1.21 bits per heavy atom. The molecule has 96 valence electrons. The summed E-state index contributed by atoms with van der Waals surface area (Å²) in [5, 5.41) is 11.8. The Morgan fingerprint density at radius 2 is 1.89 bits per heavy atom. The van der Waals surface area contributed by atoms with E-state index < -0.39 is 5.82 Å². The molecule has 0 bridgehead atoms. The Hall–Kier alpha value is -1.93. The molecule has 0 aliphatic heterocycles. The van der Waals surface area contributed by atoms with Crippen molar-refractivity contribution in [1.29, 1.82) is 5.26 Å². The molecule has 1 N–H and O–H groups in total. The monoisotopic (exact) mass is 319 g/mol. The van der Waals surface area contributed by atoms with E-state index in [4.69, 9.17) is 5.26 Å². The zero-order valence-corrected chi connectivity index (χ0v) is 12.0. The minimum Gasteiger partial charge on any atom is -0.352 e. The van der Waals surface area contributed by atoms with Gasteiger partial charge in [-0.25, -0.2) is 4.39 Å². The maximum absolute atomic E-state index is 14.1. The number of hydrogen-bond acceptors (Lipinski definition) is 3. The first-order valence-corrected chi connectivity index (χ1v) is 6.41. The quantitative estimate of drug-likeness (QED) is 0.901. The Bertz CT molecular complexity index is 677. The Kier molecular flexibility index (Phi) is 3.82. The molecule has 0 saturated heterocycles. The minimum atomic E-state index is -0.487. The lowest BCUT2D eigenvalue weighted by Gasteiger charge is -2.11. The second-order valence-electron chi connectivity index (χ2n) is 4.11. The van der Waals surface area contributed by atoms with Gasteiger partial charge in [-0.2, -0.15) is 5.26 Å². The minimum absolute atomic E-state index is 0.165. The molecule has 0 aliphatic carbocycles. The third-order valence-corrected chi connectivity index (χ3v) is 3.47. The van der Waals surface area contributed by atoms with E-state index in [0.29, 0.717) is 5.69 Å². The molecule has 0 aliphatic rings. The van der Waals surface area contributed by atoms with Crippen molar-refractivity contribution in [1.82, 2.24) is 4.98 Å². The van der Waals surface area contributed by atoms with Gasteiger partial charge < -0.3 is 5.32 Å². The smallest absolute Gasteiger partial charge is 0.162 e. The van der Waals surface area contributed by atoms with Crippen molar-refractivity contribution in [3.8, 4) is 6.07 Å². The zero-order chi connectivity index (χ0) is 14.0. The van der Waals surface area contributed by atoms with Crippen LogP contribution in [0.5, 0.6) is 0 Å². The van der Waals surface area contributed by atoms with Crippen LogP contribution < -0.4 is 5.32 Å². The van der Waals surface area contributed by atoms with E-state index in [9.17, 15) is 4.39 Å². The predicted octanol–water partition coefficient (Wildman–Crippen LogP) is 4.22. The van der Waals surface area contributed by atoms with Crippen molar-refractivity contribution in [2.75, 3.05) is 5.32 Å². The number of halogens is 2. The summed E-state index contributed by atoms with van der Waals surface area (Å²) in [5.41, 5.74) is 3.01. The second-order valence-corrected chi connectivity index (χ2v) is 4.90. The van der Waals surface area contributed by atoms with Gasteiger partial charge in [-0.05, 0) is 54.0 Å². The van der Waals surface area contributed by atoms with Gasteiger partial charge in [0.15, 0.2) is 5.82 Å². The van der Waals surface area contributed by atoms with Crippen molar-refractivity contribution < 1.29 is 4.39 Å². The number of aryl methyl sites for hydroxylation is 2. The van der Waals surface area contributed by atoms with E-state index in [1.807, 2.05) is 32.0 Å². The Labute approximate surface area is 119 Å². The summed E-state index contributed by atoms with van der Waals surface area (Å²) in [4.78, 5) is 4.31. The summed E-state index contributed by atoms with van der Waals surface area (Å²) < 4.78 is 14.2. The van der Waals surface area contributed by atoms with Crippen LogP contribution >= 0.6 is 15.9 Å². The number of nitrogens with one attached hydrogen (secondary N) is 1. The number of nitriles is 1. The molecule has 2 rings (SSSR count). The van der Waals surface area contributed by atoms with Crippen LogP contribution in [0.1, 0.15) is 17.0 Å². The molecule has 0 atom stereocenters. The van der Waals surface area contributed by atoms with Crippen LogP contribution in [-0.4, -0.2) is 4.98 Å². The van der Waals surface area contributed by atoms with Crippen LogP contribution in [0.4, 0.5) is 15.8 Å². The van der Waals surface area contributed by atoms with E-state index in [2.05, 4.69) is 26.2 Å². The molecular weight excluding hydrogens is 309 g/mol. The molecular formula is C14H11BrFN3. The molecule has 1 aromatic carbocycles. The average Bonchev–Trinajstić information content (AvgIpc) is 2.38. The first kappa shape index (κ1) is 13.5. The van der Waals surface area contributed by atoms with Crippen LogP contribution in [0, 0.1) is 31.0 Å². The average molecular weight is 320 g/mol. The molecule has 0 unspecified atom stereocenters. The number of hydrogen-bond donors (Lipinski definition) is 1. The van der Waals surface area contributed by atoms with Crippen molar-refractivity contribution in [2.24, 2.45) is 0 Å². The maximum atomic E-state index is 14.1. The summed E-state index contributed by atoms with van der Waals surface area (Å²) in [5.74, 6) is -0.487. The third kappa shape index (κ3) is 2.74. The topological polar surface area (TPSA) is 48.7 Å². The fraction of sp³-hybridized carbons (Fsp3) is 0.143. The largest absolute Gasteiger partial charge is 0.352 e. The molecule has 0 spiro atoms. The fourth-order valence-corrected chi connectivity index (χ4v) is 2.13. The van der Waals surface area contributed by atoms with Crippen molar-refractivity contribution in [2.45, 2.75) is 13.8 Å². The number of aromatic nitrogens is 1. The summed E-state index contributed by atoms with van der Waals surface area (Å²) >= 11 is 3.08. The highest BCUT2D eigenvalue weighted by Crippen LogP contribution is 2.29. The van der Waals surface area contributed by atoms with Crippen molar-refractivity contribution in [3.05, 3.63) is 51.5 Å². The van der Waals surface area contributed by atoms with Crippen LogP contribution in [0.3, 0.4) is 0 Å². The van der Waals surface area contributed by atoms with E-state index in [-0.39, 0.29) is 10.0 Å². The number of pyridine rings is 1. The highest BCUT2D eigenvalue weighted by atomic mass is 79.9. The number of nitrogens with zero attached hydrogens (tertiary/aromatic N) is 2. The predicted molar refractivity (Wildman–Crippen MR) is 75.8 cm³/mol. The van der Waals surface area contributed by atoms with Crippen LogP contribution in [0.2, 0.25) is 0 Å². The van der Waals surface area contributed by atoms with Crippen molar-refractivity contribution in [3.63, 3.8) is 0 Å². The lowest BCUT2D eigenvalue weighted by molar-refractivity contribution is 0.624. The maximum Gasteiger partial charge on any atom is 0.162 e. The van der Waals surface area contributed by atoms with Crippen molar-refractivity contribution >= 4 is 27.3 Å². The van der Waals surface area contributed by atoms with Crippen LogP contribution in [-0.2, 0) is 0 Å². The summed E-state index contributed by atoms with van der Waals surface area (Å²) in [6, 6.07) is 8.72. The lowest BCUT2D eigenvalue weighted by Crippen LogP contribution is -1.99. The molecule has 3 nitrogen and oxygen atoms in total. The fourth-order valence-electron chi connectivity index (χ4n) is 1.70. The number of rotatable bonds is 2. The van der Waals surface area contributed by atoms with Gasteiger partial charge in [0.25, 0.3) is 0 Å². The number of benzene rings is 1. The molecule has 2 aromatic rings. The molecule has 0 fully saturated rings. The SMILES string of the molecule is Cc1ccc(Nc2ccc(C#N)c(Br)c2F)c(C)n1. The van der Waals surface area contributed by atoms with E-state index in [0.717, 1.165) is 17.1 Å². The second kappa shape index (κ2) is 5.37. The first-order chi connectivity index (χ1) is 9.02. The van der Waals surface area contributed by atoms with E-state index >= 15 is 0 Å². The Balaban J connectivity index is 2.39. The normalized spacial score (nSPS) is 10.1. The number of anilines is 2. The van der Waals surface area contributed by atoms with Gasteiger partial charge in [0, 0.05) is 5.69 Å². The van der Waals surface area contributed by atoms with Gasteiger partial charge in [-0.1, -0.05) is 0 Å². The standard InChI is InChI=1S/C14H11BrFN3/c1-8-3-5-11(9(2)18-8)19-12-6-4-10(7-17)13(15)14(12)16/h3-6,19H,1-2H3. The van der Waals surface area contributed by atoms with Gasteiger partial charge in [-0.15, -0.1) is 0 Å². The highest BCUT2D eigenvalue weighted by Gasteiger charge is 2.12. The van der Waals surface area contributed by atoms with Gasteiger partial charge in [0.1, 0.15) is 6.07 Å². The Morgan fingerprint density at radius 3 is 2.53 bits per heavy atom. The molecule has 0 amide bonds. The van der Waals surface area contributed by atoms with Crippen LogP contribution in [0.25, 0.3) is 0 Å². The summed E-state index contributed by atoms with van der Waals surface area (Å²) in [7, 11) is 0. The van der Waals surface area contributed by atoms with Crippen LogP contribution in [0.15, 0.2) is 28.7 Å². The molecule has 19 heavy (non-hydrogen) atoms.